The van der Waals surface area contributed by atoms with Gasteiger partial charge in [-0.2, -0.15) is 0 Å². The van der Waals surface area contributed by atoms with Crippen molar-refractivity contribution in [2.24, 2.45) is 0 Å². The summed E-state index contributed by atoms with van der Waals surface area (Å²) in [6.07, 6.45) is 1.61. The third-order valence-electron chi connectivity index (χ3n) is 3.77. The van der Waals surface area contributed by atoms with Crippen LogP contribution in [0.1, 0.15) is 17.3 Å². The second-order valence-corrected chi connectivity index (χ2v) is 5.26. The first-order valence-electron chi connectivity index (χ1n) is 7.61. The average Bonchev–Trinajstić information content (AvgIpc) is 2.58. The molecule has 0 saturated carbocycles. The number of aliphatic hydroxyl groups is 1. The molecule has 0 aromatic carbocycles. The van der Waals surface area contributed by atoms with Crippen molar-refractivity contribution in [2.45, 2.75) is 13.5 Å². The zero-order chi connectivity index (χ0) is 17.3. The molecule has 0 unspecified atom stereocenters. The van der Waals surface area contributed by atoms with Gasteiger partial charge < -0.3 is 16.2 Å². The van der Waals surface area contributed by atoms with Crippen LogP contribution < -0.4 is 21.2 Å². The van der Waals surface area contributed by atoms with E-state index < -0.39 is 0 Å². The first-order valence-corrected chi connectivity index (χ1v) is 7.61. The van der Waals surface area contributed by atoms with E-state index in [0.717, 1.165) is 0 Å². The molecule has 0 bridgehead atoms. The Hall–Kier alpha value is -3.00. The molecule has 3 rings (SSSR count). The first-order chi connectivity index (χ1) is 11.6. The lowest BCUT2D eigenvalue weighted by Gasteiger charge is -2.11. The Bertz CT molecular complexity index is 996. The fourth-order valence-corrected chi connectivity index (χ4v) is 2.66. The van der Waals surface area contributed by atoms with Crippen molar-refractivity contribution >= 4 is 28.4 Å². The van der Waals surface area contributed by atoms with Crippen molar-refractivity contribution in [2.75, 3.05) is 18.9 Å². The van der Waals surface area contributed by atoms with Crippen LogP contribution in [0, 0.1) is 0 Å². The van der Waals surface area contributed by atoms with Crippen molar-refractivity contribution in [1.82, 2.24) is 14.7 Å². The number of nitrogens with zero attached hydrogens (tertiary/aromatic N) is 3. The first kappa shape index (κ1) is 15.9. The highest BCUT2D eigenvalue weighted by atomic mass is 16.3. The quantitative estimate of drug-likeness (QED) is 0.440. The molecule has 0 saturated heterocycles. The molecule has 8 nitrogen and oxygen atoms in total. The van der Waals surface area contributed by atoms with E-state index >= 15 is 0 Å². The van der Waals surface area contributed by atoms with Gasteiger partial charge in [0.15, 0.2) is 0 Å². The lowest BCUT2D eigenvalue weighted by atomic mass is 10.1. The Balaban J connectivity index is 2.43. The van der Waals surface area contributed by atoms with Gasteiger partial charge in [0.05, 0.1) is 13.2 Å². The number of rotatable bonds is 4. The summed E-state index contributed by atoms with van der Waals surface area (Å²) in [6.45, 7) is 2.16. The number of hydrogen-bond donors (Lipinski definition) is 3. The fraction of sp³-hybridized carbons (Fsp3) is 0.250. The Labute approximate surface area is 137 Å². The summed E-state index contributed by atoms with van der Waals surface area (Å²) in [4.78, 5) is 29.5. The number of anilines is 1. The summed E-state index contributed by atoms with van der Waals surface area (Å²) in [6, 6.07) is 6.67. The highest BCUT2D eigenvalue weighted by Gasteiger charge is 2.23. The number of pyridine rings is 2. The molecule has 1 amide bonds. The molecule has 124 valence electrons. The van der Waals surface area contributed by atoms with Gasteiger partial charge in [0.1, 0.15) is 10.9 Å². The standard InChI is InChI=1S/C16H17N5O3/c1-2-18-15(23)10-9-11-14(21(7-8-22)13(10)17)19-12-5-3-4-6-20(12)16(11)24/h3-6,9,17,22H,2,7-8H2,1H3,(H,18,23)/p+1. The number of carbonyl (C=O) groups excluding carboxylic acids is 1. The maximum absolute atomic E-state index is 12.8. The lowest BCUT2D eigenvalue weighted by molar-refractivity contribution is -0.660. The number of amides is 1. The summed E-state index contributed by atoms with van der Waals surface area (Å²) in [5.74, 6) is -0.212. The van der Waals surface area contributed by atoms with Gasteiger partial charge in [0.25, 0.3) is 17.1 Å². The van der Waals surface area contributed by atoms with E-state index in [1.54, 1.807) is 31.3 Å². The minimum atomic E-state index is -0.374. The molecule has 3 aromatic heterocycles. The molecule has 0 fully saturated rings. The molecule has 4 N–H and O–H groups in total. The minimum Gasteiger partial charge on any atom is -0.393 e. The van der Waals surface area contributed by atoms with E-state index in [1.165, 1.54) is 15.0 Å². The minimum absolute atomic E-state index is 0.130. The van der Waals surface area contributed by atoms with E-state index in [1.807, 2.05) is 0 Å². The van der Waals surface area contributed by atoms with Crippen molar-refractivity contribution < 1.29 is 14.5 Å². The maximum Gasteiger partial charge on any atom is 0.278 e. The number of hydrogen-bond acceptors (Lipinski definition) is 5. The summed E-state index contributed by atoms with van der Waals surface area (Å²) in [7, 11) is 0. The zero-order valence-electron chi connectivity index (χ0n) is 13.2. The molecule has 3 heterocycles. The van der Waals surface area contributed by atoms with Crippen molar-refractivity contribution in [1.29, 1.82) is 0 Å². The Morgan fingerprint density at radius 3 is 2.96 bits per heavy atom. The molecule has 0 aliphatic rings. The van der Waals surface area contributed by atoms with Gasteiger partial charge in [0.2, 0.25) is 11.5 Å². The molecular weight excluding hydrogens is 310 g/mol. The summed E-state index contributed by atoms with van der Waals surface area (Å²) >= 11 is 0. The third-order valence-corrected chi connectivity index (χ3v) is 3.77. The Kier molecular flexibility index (Phi) is 4.13. The molecule has 0 aliphatic carbocycles. The summed E-state index contributed by atoms with van der Waals surface area (Å²) < 4.78 is 2.90. The van der Waals surface area contributed by atoms with Gasteiger partial charge in [-0.05, 0) is 25.1 Å². The Morgan fingerprint density at radius 2 is 2.25 bits per heavy atom. The predicted molar refractivity (Wildman–Crippen MR) is 88.7 cm³/mol. The lowest BCUT2D eigenvalue weighted by Crippen LogP contribution is -2.44. The number of carbonyl (C=O) groups is 1. The number of nitrogens with one attached hydrogen (secondary N) is 1. The van der Waals surface area contributed by atoms with Crippen LogP contribution in [0.3, 0.4) is 0 Å². The fourth-order valence-electron chi connectivity index (χ4n) is 2.66. The van der Waals surface area contributed by atoms with Crippen molar-refractivity contribution in [3.63, 3.8) is 0 Å². The van der Waals surface area contributed by atoms with Crippen LogP contribution in [0.4, 0.5) is 5.82 Å². The summed E-state index contributed by atoms with van der Waals surface area (Å²) in [5, 5.41) is 12.3. The van der Waals surface area contributed by atoms with Crippen LogP contribution in [0.25, 0.3) is 16.7 Å². The van der Waals surface area contributed by atoms with Crippen LogP contribution in [-0.2, 0) is 6.54 Å². The van der Waals surface area contributed by atoms with Crippen LogP contribution >= 0.6 is 0 Å². The number of aromatic nitrogens is 3. The molecule has 8 heteroatoms. The normalized spacial score (nSPS) is 11.1. The van der Waals surface area contributed by atoms with Crippen LogP contribution in [0.2, 0.25) is 0 Å². The predicted octanol–water partition coefficient (Wildman–Crippen LogP) is -0.541. The maximum atomic E-state index is 12.8. The summed E-state index contributed by atoms with van der Waals surface area (Å²) in [5.41, 5.74) is 6.80. The second-order valence-electron chi connectivity index (χ2n) is 5.26. The van der Waals surface area contributed by atoms with E-state index in [-0.39, 0.29) is 41.4 Å². The largest absolute Gasteiger partial charge is 0.393 e. The highest BCUT2D eigenvalue weighted by molar-refractivity contribution is 6.00. The van der Waals surface area contributed by atoms with Gasteiger partial charge in [-0.1, -0.05) is 11.1 Å². The second kappa shape index (κ2) is 6.25. The SMILES string of the molecule is CCNC(=O)c1cc2c(=O)n3ccccc3nc2[n+](CCO)c1N. The molecular formula is C16H18N5O3+. The van der Waals surface area contributed by atoms with Gasteiger partial charge in [-0.15, -0.1) is 0 Å². The van der Waals surface area contributed by atoms with Crippen LogP contribution in [0.15, 0.2) is 35.3 Å². The highest BCUT2D eigenvalue weighted by Crippen LogP contribution is 2.14. The number of fused-ring (bicyclic) bond motifs is 2. The smallest absolute Gasteiger partial charge is 0.278 e. The molecule has 3 aromatic rings. The average molecular weight is 328 g/mol. The van der Waals surface area contributed by atoms with Gasteiger partial charge >= 0.3 is 0 Å². The van der Waals surface area contributed by atoms with E-state index in [2.05, 4.69) is 10.3 Å². The van der Waals surface area contributed by atoms with E-state index in [9.17, 15) is 14.7 Å². The van der Waals surface area contributed by atoms with Gasteiger partial charge in [-0.3, -0.25) is 14.0 Å². The third kappa shape index (κ3) is 2.46. The molecule has 0 atom stereocenters. The van der Waals surface area contributed by atoms with Gasteiger partial charge in [0, 0.05) is 12.7 Å². The number of nitrogens with two attached hydrogens (primary N) is 1. The molecule has 24 heavy (non-hydrogen) atoms. The molecule has 0 spiro atoms. The number of nitrogen functional groups attached to an aromatic ring is 1. The van der Waals surface area contributed by atoms with Gasteiger partial charge in [-0.25, -0.2) is 4.57 Å². The van der Waals surface area contributed by atoms with Crippen molar-refractivity contribution in [3.05, 3.63) is 46.4 Å². The van der Waals surface area contributed by atoms with Crippen LogP contribution in [-0.4, -0.2) is 33.6 Å². The van der Waals surface area contributed by atoms with E-state index in [4.69, 9.17) is 5.73 Å². The molecule has 0 radical (unpaired) electrons. The number of aliphatic hydroxyl groups excluding tert-OH is 1. The molecule has 0 aliphatic heterocycles. The Morgan fingerprint density at radius 1 is 1.46 bits per heavy atom. The topological polar surface area (TPSA) is 114 Å². The van der Waals surface area contributed by atoms with Crippen LogP contribution in [0.5, 0.6) is 0 Å². The zero-order valence-corrected chi connectivity index (χ0v) is 13.2. The van der Waals surface area contributed by atoms with Crippen molar-refractivity contribution in [3.8, 4) is 0 Å². The van der Waals surface area contributed by atoms with E-state index in [0.29, 0.717) is 17.8 Å². The monoisotopic (exact) mass is 328 g/mol.